The highest BCUT2D eigenvalue weighted by Crippen LogP contribution is 1.73. The highest BCUT2D eigenvalue weighted by molar-refractivity contribution is 4.21. The molecule has 0 aliphatic carbocycles. The van der Waals surface area contributed by atoms with Gasteiger partial charge in [-0.1, -0.05) is 0 Å². The van der Waals surface area contributed by atoms with Gasteiger partial charge in [0.25, 0.3) is 0 Å². The van der Waals surface area contributed by atoms with Crippen LogP contribution in [0.1, 0.15) is 0 Å². The van der Waals surface area contributed by atoms with Crippen LogP contribution < -0.4 is 0 Å². The molecule has 0 heterocycles. The zero-order valence-electron chi connectivity index (χ0n) is 4.50. The summed E-state index contributed by atoms with van der Waals surface area (Å²) in [6, 6.07) is 0. The van der Waals surface area contributed by atoms with Crippen molar-refractivity contribution >= 4 is 0 Å². The molecule has 0 bridgehead atoms. The van der Waals surface area contributed by atoms with E-state index in [0.717, 1.165) is 10.1 Å². The lowest BCUT2D eigenvalue weighted by Gasteiger charge is -2.11. The summed E-state index contributed by atoms with van der Waals surface area (Å²) in [5, 5.41) is 18.5. The summed E-state index contributed by atoms with van der Waals surface area (Å²) >= 11 is 0. The Labute approximate surface area is 42.5 Å². The largest absolute Gasteiger partial charge is 0.313 e. The molecule has 0 unspecified atom stereocenters. The Morgan fingerprint density at radius 3 is 1.43 bits per heavy atom. The van der Waals surface area contributed by atoms with Crippen LogP contribution in [0.4, 0.5) is 0 Å². The van der Waals surface area contributed by atoms with Crippen molar-refractivity contribution in [2.24, 2.45) is 0 Å². The fraction of sp³-hybridized carbons (Fsp3) is 1.00. The number of nitrogens with zero attached hydrogens (tertiary/aromatic N) is 2. The predicted octanol–water partition coefficient (Wildman–Crippen LogP) is -0.414. The third-order valence-corrected chi connectivity index (χ3v) is 0.409. The molecule has 44 valence electrons. The topological polar surface area (TPSA) is 46.9 Å². The van der Waals surface area contributed by atoms with Crippen molar-refractivity contribution in [1.82, 2.24) is 10.1 Å². The SMILES string of the molecule is CN(O)CN(C)O. The van der Waals surface area contributed by atoms with Crippen molar-refractivity contribution in [2.75, 3.05) is 20.8 Å². The highest BCUT2D eigenvalue weighted by atomic mass is 16.5. The van der Waals surface area contributed by atoms with Crippen LogP contribution in [0.5, 0.6) is 0 Å². The fourth-order valence-electron chi connectivity index (χ4n) is 0.296. The van der Waals surface area contributed by atoms with Crippen LogP contribution in [0.2, 0.25) is 0 Å². The molecule has 0 saturated carbocycles. The Morgan fingerprint density at radius 1 is 1.14 bits per heavy atom. The van der Waals surface area contributed by atoms with Crippen molar-refractivity contribution in [3.63, 3.8) is 0 Å². The summed E-state index contributed by atoms with van der Waals surface area (Å²) in [7, 11) is 2.90. The van der Waals surface area contributed by atoms with E-state index in [0.29, 0.717) is 0 Å². The molecule has 0 atom stereocenters. The van der Waals surface area contributed by atoms with Crippen LogP contribution in [0.3, 0.4) is 0 Å². The van der Waals surface area contributed by atoms with Crippen LogP contribution in [-0.4, -0.2) is 41.3 Å². The van der Waals surface area contributed by atoms with Gasteiger partial charge in [-0.25, -0.2) is 0 Å². The number of hydrogen-bond acceptors (Lipinski definition) is 4. The molecular weight excluding hydrogens is 96.0 g/mol. The Hall–Kier alpha value is -0.160. The van der Waals surface area contributed by atoms with E-state index >= 15 is 0 Å². The summed E-state index contributed by atoms with van der Waals surface area (Å²) < 4.78 is 0. The monoisotopic (exact) mass is 106 g/mol. The first-order valence-electron chi connectivity index (χ1n) is 1.93. The molecule has 0 fully saturated rings. The van der Waals surface area contributed by atoms with Crippen molar-refractivity contribution in [1.29, 1.82) is 0 Å². The molecule has 0 aromatic rings. The van der Waals surface area contributed by atoms with Gasteiger partial charge in [0.2, 0.25) is 0 Å². The molecule has 0 aromatic carbocycles. The van der Waals surface area contributed by atoms with Crippen molar-refractivity contribution in [2.45, 2.75) is 0 Å². The average molecular weight is 106 g/mol. The van der Waals surface area contributed by atoms with Gasteiger partial charge in [-0.05, 0) is 0 Å². The standard InChI is InChI=1S/C3H10N2O2/c1-4(6)3-5(2)7/h6-7H,3H2,1-2H3. The molecule has 0 aromatic heterocycles. The third-order valence-electron chi connectivity index (χ3n) is 0.409. The van der Waals surface area contributed by atoms with Gasteiger partial charge in [0.05, 0.1) is 6.67 Å². The van der Waals surface area contributed by atoms with Crippen LogP contribution in [-0.2, 0) is 0 Å². The lowest BCUT2D eigenvalue weighted by atomic mass is 11.0. The first-order valence-corrected chi connectivity index (χ1v) is 1.93. The molecule has 0 spiro atoms. The van der Waals surface area contributed by atoms with E-state index in [4.69, 9.17) is 10.4 Å². The minimum absolute atomic E-state index is 0.139. The van der Waals surface area contributed by atoms with E-state index in [1.165, 1.54) is 14.1 Å². The Kier molecular flexibility index (Phi) is 2.86. The molecule has 0 radical (unpaired) electrons. The second kappa shape index (κ2) is 2.92. The number of rotatable bonds is 2. The average Bonchev–Trinajstić information content (AvgIpc) is 1.27. The molecule has 0 amide bonds. The highest BCUT2D eigenvalue weighted by Gasteiger charge is 1.91. The van der Waals surface area contributed by atoms with E-state index in [1.54, 1.807) is 0 Å². The van der Waals surface area contributed by atoms with E-state index in [-0.39, 0.29) is 6.67 Å². The van der Waals surface area contributed by atoms with Crippen molar-refractivity contribution < 1.29 is 10.4 Å². The Balaban J connectivity index is 2.95. The minimum Gasteiger partial charge on any atom is -0.313 e. The quantitative estimate of drug-likeness (QED) is 0.371. The third kappa shape index (κ3) is 5.84. The Bertz CT molecular complexity index is 40.2. The summed E-state index contributed by atoms with van der Waals surface area (Å²) in [5.74, 6) is 0. The summed E-state index contributed by atoms with van der Waals surface area (Å²) in [4.78, 5) is 0. The van der Waals surface area contributed by atoms with Crippen LogP contribution in [0.25, 0.3) is 0 Å². The van der Waals surface area contributed by atoms with E-state index in [2.05, 4.69) is 0 Å². The normalized spacial score (nSPS) is 11.1. The van der Waals surface area contributed by atoms with Crippen molar-refractivity contribution in [3.8, 4) is 0 Å². The van der Waals surface area contributed by atoms with Gasteiger partial charge in [0.1, 0.15) is 0 Å². The van der Waals surface area contributed by atoms with Gasteiger partial charge >= 0.3 is 0 Å². The molecule has 0 rings (SSSR count). The van der Waals surface area contributed by atoms with Gasteiger partial charge in [-0.2, -0.15) is 10.1 Å². The molecule has 7 heavy (non-hydrogen) atoms. The second-order valence-corrected chi connectivity index (χ2v) is 1.46. The minimum atomic E-state index is 0.139. The predicted molar refractivity (Wildman–Crippen MR) is 24.0 cm³/mol. The van der Waals surface area contributed by atoms with E-state index < -0.39 is 0 Å². The second-order valence-electron chi connectivity index (χ2n) is 1.46. The van der Waals surface area contributed by atoms with Gasteiger partial charge in [0, 0.05) is 14.1 Å². The van der Waals surface area contributed by atoms with Crippen LogP contribution in [0, 0.1) is 0 Å². The molecule has 4 nitrogen and oxygen atoms in total. The van der Waals surface area contributed by atoms with Gasteiger partial charge in [-0.15, -0.1) is 0 Å². The summed E-state index contributed by atoms with van der Waals surface area (Å²) in [6.07, 6.45) is 0. The van der Waals surface area contributed by atoms with Crippen LogP contribution in [0.15, 0.2) is 0 Å². The molecule has 0 aliphatic rings. The lowest BCUT2D eigenvalue weighted by Crippen LogP contribution is -2.27. The smallest absolute Gasteiger partial charge is 0.0988 e. The van der Waals surface area contributed by atoms with E-state index in [1.807, 2.05) is 0 Å². The van der Waals surface area contributed by atoms with E-state index in [9.17, 15) is 0 Å². The van der Waals surface area contributed by atoms with Crippen molar-refractivity contribution in [3.05, 3.63) is 0 Å². The maximum atomic E-state index is 8.35. The number of hydrogen-bond donors (Lipinski definition) is 2. The van der Waals surface area contributed by atoms with Gasteiger partial charge in [-0.3, -0.25) is 0 Å². The maximum absolute atomic E-state index is 8.35. The fourth-order valence-corrected chi connectivity index (χ4v) is 0.296. The van der Waals surface area contributed by atoms with Gasteiger partial charge in [0.15, 0.2) is 0 Å². The molecule has 0 saturated heterocycles. The molecular formula is C3H10N2O2. The first-order chi connectivity index (χ1) is 3.13. The zero-order chi connectivity index (χ0) is 5.86. The molecule has 4 heteroatoms. The Morgan fingerprint density at radius 2 is 1.43 bits per heavy atom. The molecule has 2 N–H and O–H groups in total. The summed E-state index contributed by atoms with van der Waals surface area (Å²) in [5.41, 5.74) is 0. The maximum Gasteiger partial charge on any atom is 0.0988 e. The number of hydroxylamine groups is 4. The summed E-state index contributed by atoms with van der Waals surface area (Å²) in [6.45, 7) is 0.139. The van der Waals surface area contributed by atoms with Gasteiger partial charge < -0.3 is 10.4 Å². The zero-order valence-corrected chi connectivity index (χ0v) is 4.50. The molecule has 0 aliphatic heterocycles. The first kappa shape index (κ1) is 6.84. The van der Waals surface area contributed by atoms with Crippen LogP contribution >= 0.6 is 0 Å². The lowest BCUT2D eigenvalue weighted by molar-refractivity contribution is -0.179.